The van der Waals surface area contributed by atoms with E-state index in [0.717, 1.165) is 0 Å². The molecule has 0 heterocycles. The first-order valence-corrected chi connectivity index (χ1v) is 14.7. The molecule has 0 bridgehead atoms. The second-order valence-electron chi connectivity index (χ2n) is 13.7. The topological polar surface area (TPSA) is 140 Å². The van der Waals surface area contributed by atoms with Gasteiger partial charge in [-0.1, -0.05) is 78.6 Å². The van der Waals surface area contributed by atoms with Crippen LogP contribution in [0.4, 0.5) is 0 Å². The first-order valence-electron chi connectivity index (χ1n) is 13.2. The molecule has 0 aliphatic heterocycles. The summed E-state index contributed by atoms with van der Waals surface area (Å²) in [7, 11) is 0. The van der Waals surface area contributed by atoms with Crippen molar-refractivity contribution in [3.63, 3.8) is 0 Å². The summed E-state index contributed by atoms with van der Waals surface area (Å²) in [5.41, 5.74) is -3.62. The fourth-order valence-electron chi connectivity index (χ4n) is 4.63. The lowest BCUT2D eigenvalue weighted by atomic mass is 9.61. The van der Waals surface area contributed by atoms with Gasteiger partial charge >= 0.3 is 0 Å². The summed E-state index contributed by atoms with van der Waals surface area (Å²) < 4.78 is 11.7. The molecule has 0 fully saturated rings. The predicted molar refractivity (Wildman–Crippen MR) is 160 cm³/mol. The lowest BCUT2D eigenvalue weighted by Crippen LogP contribution is -2.70. The van der Waals surface area contributed by atoms with Gasteiger partial charge in [-0.2, -0.15) is 0 Å². The van der Waals surface area contributed by atoms with E-state index in [-0.39, 0.29) is 60.9 Å². The van der Waals surface area contributed by atoms with Gasteiger partial charge in [0.05, 0.1) is 75.1 Å². The summed E-state index contributed by atoms with van der Waals surface area (Å²) in [6.07, 6.45) is -3.23. The van der Waals surface area contributed by atoms with Crippen LogP contribution in [0.2, 0.25) is 0 Å². The Morgan fingerprint density at radius 1 is 0.600 bits per heavy atom. The molecule has 0 amide bonds. The lowest BCUT2D eigenvalue weighted by molar-refractivity contribution is -0.0932. The summed E-state index contributed by atoms with van der Waals surface area (Å²) >= 11 is 27.7. The van der Waals surface area contributed by atoms with Crippen LogP contribution in [0.25, 0.3) is 0 Å². The van der Waals surface area contributed by atoms with Gasteiger partial charge in [0.2, 0.25) is 0 Å². The number of hydrogen-bond donors (Lipinski definition) is 6. The van der Waals surface area contributed by atoms with Crippen molar-refractivity contribution >= 4 is 46.4 Å². The number of hydrogen-bond acceptors (Lipinski definition) is 8. The molecule has 0 saturated carbocycles. The van der Waals surface area contributed by atoms with Gasteiger partial charge in [0.1, 0.15) is 9.75 Å². The Labute approximate surface area is 258 Å². The molecule has 4 atom stereocenters. The summed E-state index contributed by atoms with van der Waals surface area (Å²) in [6, 6.07) is 0. The van der Waals surface area contributed by atoms with Crippen LogP contribution in [-0.4, -0.2) is 105 Å². The zero-order chi connectivity index (χ0) is 31.5. The van der Waals surface area contributed by atoms with E-state index in [1.165, 1.54) is 0 Å². The van der Waals surface area contributed by atoms with Gasteiger partial charge in [0.25, 0.3) is 0 Å². The van der Waals surface area contributed by atoms with Crippen molar-refractivity contribution in [2.24, 2.45) is 21.7 Å². The first-order chi connectivity index (χ1) is 18.1. The molecule has 236 valence electrons. The van der Waals surface area contributed by atoms with Gasteiger partial charge in [-0.3, -0.25) is 0 Å². The summed E-state index contributed by atoms with van der Waals surface area (Å²) in [6.45, 7) is 12.5. The van der Waals surface area contributed by atoms with Crippen LogP contribution in [0.5, 0.6) is 0 Å². The molecule has 0 aromatic heterocycles. The summed E-state index contributed by atoms with van der Waals surface area (Å²) in [4.78, 5) is -4.37. The normalized spacial score (nSPS) is 25.1. The highest BCUT2D eigenvalue weighted by molar-refractivity contribution is 6.48. The highest BCUT2D eigenvalue weighted by Crippen LogP contribution is 2.61. The van der Waals surface area contributed by atoms with Crippen LogP contribution in [0.1, 0.15) is 55.4 Å². The largest absolute Gasteiger partial charge is 0.396 e. The minimum absolute atomic E-state index is 0.0416. The third kappa shape index (κ3) is 7.69. The number of alkyl halides is 2. The van der Waals surface area contributed by atoms with Crippen LogP contribution in [0.3, 0.4) is 0 Å². The third-order valence-corrected chi connectivity index (χ3v) is 9.96. The van der Waals surface area contributed by atoms with Gasteiger partial charge in [0, 0.05) is 32.8 Å². The third-order valence-electron chi connectivity index (χ3n) is 7.47. The molecule has 1 aliphatic carbocycles. The Balaban J connectivity index is 3.69. The molecular weight excluding hydrogens is 606 g/mol. The number of aliphatic hydroxyl groups excluding tert-OH is 6. The molecule has 6 N–H and O–H groups in total. The van der Waals surface area contributed by atoms with Crippen molar-refractivity contribution in [2.75, 3.05) is 52.9 Å². The van der Waals surface area contributed by atoms with E-state index in [0.29, 0.717) is 0 Å². The van der Waals surface area contributed by atoms with E-state index in [1.807, 2.05) is 27.7 Å². The molecule has 12 heteroatoms. The van der Waals surface area contributed by atoms with Crippen molar-refractivity contribution in [1.29, 1.82) is 0 Å². The Morgan fingerprint density at radius 2 is 0.875 bits per heavy atom. The zero-order valence-electron chi connectivity index (χ0n) is 24.8. The zero-order valence-corrected chi connectivity index (χ0v) is 27.8. The number of ether oxygens (including phenoxy) is 2. The van der Waals surface area contributed by atoms with E-state index < -0.39 is 56.8 Å². The Bertz CT molecular complexity index is 859. The molecule has 0 saturated heterocycles. The monoisotopic (exact) mass is 652 g/mol. The fraction of sp³-hybridized carbons (Fsp3) is 0.857. The van der Waals surface area contributed by atoms with Gasteiger partial charge in [-0.05, 0) is 0 Å². The van der Waals surface area contributed by atoms with Crippen molar-refractivity contribution < 1.29 is 40.1 Å². The van der Waals surface area contributed by atoms with Gasteiger partial charge in [-0.15, -0.1) is 23.2 Å². The molecule has 0 aromatic rings. The number of halogens is 4. The number of aliphatic hydroxyl groups is 6. The number of allylic oxidation sites excluding steroid dienone is 2. The molecule has 0 aromatic carbocycles. The van der Waals surface area contributed by atoms with E-state index in [9.17, 15) is 30.6 Å². The van der Waals surface area contributed by atoms with Crippen molar-refractivity contribution in [3.8, 4) is 0 Å². The maximum Gasteiger partial charge on any atom is 0.121 e. The highest BCUT2D eigenvalue weighted by Gasteiger charge is 2.68. The second kappa shape index (κ2) is 14.0. The van der Waals surface area contributed by atoms with Crippen molar-refractivity contribution in [3.05, 3.63) is 21.2 Å². The van der Waals surface area contributed by atoms with Crippen molar-refractivity contribution in [2.45, 2.75) is 77.3 Å². The molecule has 40 heavy (non-hydrogen) atoms. The SMILES string of the molecule is CC(C)(CO)COCC(C)(C)C(O)C1(Cl)C(CO)=C(Cl)C(Cl)=C(CO)C1(Cl)C(O)C(C)(C)COCC(C)(C)CO. The summed E-state index contributed by atoms with van der Waals surface area (Å²) in [5, 5.41) is 63.6. The van der Waals surface area contributed by atoms with Crippen LogP contribution in [0.15, 0.2) is 21.2 Å². The smallest absolute Gasteiger partial charge is 0.121 e. The van der Waals surface area contributed by atoms with Crippen molar-refractivity contribution in [1.82, 2.24) is 0 Å². The molecule has 1 aliphatic rings. The molecule has 0 spiro atoms. The Morgan fingerprint density at radius 3 is 1.10 bits per heavy atom. The van der Waals surface area contributed by atoms with Gasteiger partial charge in [0.15, 0.2) is 0 Å². The molecule has 1 rings (SSSR count). The van der Waals surface area contributed by atoms with Gasteiger partial charge < -0.3 is 40.1 Å². The molecular formula is C28H48Cl4O8. The van der Waals surface area contributed by atoms with Crippen LogP contribution in [-0.2, 0) is 9.47 Å². The van der Waals surface area contributed by atoms with E-state index >= 15 is 0 Å². The van der Waals surface area contributed by atoms with Gasteiger partial charge in [-0.25, -0.2) is 0 Å². The highest BCUT2D eigenvalue weighted by atomic mass is 35.5. The first kappa shape index (κ1) is 38.3. The number of rotatable bonds is 16. The minimum atomic E-state index is -2.18. The second-order valence-corrected chi connectivity index (χ2v) is 15.7. The summed E-state index contributed by atoms with van der Waals surface area (Å²) in [5.74, 6) is 0. The average Bonchev–Trinajstić information content (AvgIpc) is 2.86. The van der Waals surface area contributed by atoms with Crippen LogP contribution < -0.4 is 0 Å². The fourth-order valence-corrected chi connectivity index (χ4v) is 6.70. The molecule has 8 nitrogen and oxygen atoms in total. The maximum absolute atomic E-state index is 12.0. The molecule has 4 unspecified atom stereocenters. The van der Waals surface area contributed by atoms with E-state index in [2.05, 4.69) is 0 Å². The predicted octanol–water partition coefficient (Wildman–Crippen LogP) is 3.77. The molecule has 0 radical (unpaired) electrons. The van der Waals surface area contributed by atoms with E-state index in [4.69, 9.17) is 55.9 Å². The maximum atomic E-state index is 12.0. The van der Waals surface area contributed by atoms with Crippen LogP contribution >= 0.6 is 46.4 Å². The Kier molecular flexibility index (Phi) is 13.4. The minimum Gasteiger partial charge on any atom is -0.396 e. The lowest BCUT2D eigenvalue weighted by Gasteiger charge is -2.57. The quantitative estimate of drug-likeness (QED) is 0.138. The average molecular weight is 654 g/mol. The standard InChI is InChI=1S/C28H48Cl4O8/c1-23(2,11-35)13-39-15-25(5,6)21(37)27(31)17(9-33)19(29)20(30)18(10-34)28(27,32)22(38)26(7,8)16-40-14-24(3,4)12-36/h21-22,33-38H,9-16H2,1-8H3. The van der Waals surface area contributed by atoms with E-state index in [1.54, 1.807) is 27.7 Å². The Hall–Kier alpha value is 0.320. The van der Waals surface area contributed by atoms with Crippen LogP contribution in [0, 0.1) is 21.7 Å².